The number of rotatable bonds is 4. The van der Waals surface area contributed by atoms with Crippen LogP contribution in [0.3, 0.4) is 0 Å². The second-order valence-corrected chi connectivity index (χ2v) is 12.7. The van der Waals surface area contributed by atoms with Gasteiger partial charge in [0.1, 0.15) is 32.0 Å². The number of aromatic nitrogens is 1. The van der Waals surface area contributed by atoms with Crippen molar-refractivity contribution in [2.45, 2.75) is 9.79 Å². The van der Waals surface area contributed by atoms with Crippen LogP contribution in [0.1, 0.15) is 5.01 Å². The van der Waals surface area contributed by atoms with Gasteiger partial charge in [0.05, 0.1) is 15.5 Å². The fourth-order valence-corrected chi connectivity index (χ4v) is 6.88. The number of allylic oxidation sites excluding steroid dienone is 2. The Kier molecular flexibility index (Phi) is 7.68. The number of ether oxygens (including phenoxy) is 1. The number of hydrogen-bond donors (Lipinski definition) is 0. The fourth-order valence-electron chi connectivity index (χ4n) is 4.43. The first-order valence-electron chi connectivity index (χ1n) is 12.2. The Morgan fingerprint density at radius 2 is 1.39 bits per heavy atom. The molecular weight excluding hydrogens is 585 g/mol. The molecule has 0 saturated carbocycles. The molecule has 0 radical (unpaired) electrons. The maximum atomic E-state index is 11.0. The third-order valence-electron chi connectivity index (χ3n) is 6.40. The van der Waals surface area contributed by atoms with Crippen molar-refractivity contribution in [3.8, 4) is 5.75 Å². The molecule has 0 atom stereocenters. The second kappa shape index (κ2) is 11.1. The molecule has 0 saturated heterocycles. The topological polar surface area (TPSA) is 131 Å². The molecule has 1 aliphatic rings. The lowest BCUT2D eigenvalue weighted by Crippen LogP contribution is -2.28. The van der Waals surface area contributed by atoms with Gasteiger partial charge in [0.2, 0.25) is 5.52 Å². The smallest absolute Gasteiger partial charge is 0.262 e. The van der Waals surface area contributed by atoms with E-state index >= 15 is 0 Å². The summed E-state index contributed by atoms with van der Waals surface area (Å²) in [5.74, 6) is 1.74. The molecule has 210 valence electrons. The van der Waals surface area contributed by atoms with Gasteiger partial charge in [-0.1, -0.05) is 59.9 Å². The molecule has 6 rings (SSSR count). The van der Waals surface area contributed by atoms with Gasteiger partial charge in [0.25, 0.3) is 5.01 Å². The summed E-state index contributed by atoms with van der Waals surface area (Å²) in [6.45, 7) is 0. The number of benzene rings is 4. The van der Waals surface area contributed by atoms with Gasteiger partial charge in [0, 0.05) is 30.0 Å². The van der Waals surface area contributed by atoms with Crippen molar-refractivity contribution in [3.63, 3.8) is 0 Å². The highest BCUT2D eigenvalue weighted by atomic mass is 32.2. The summed E-state index contributed by atoms with van der Waals surface area (Å²) in [4.78, 5) is 0.959. The lowest BCUT2D eigenvalue weighted by Gasteiger charge is -2.14. The highest BCUT2D eigenvalue weighted by molar-refractivity contribution is 7.86. The van der Waals surface area contributed by atoms with Crippen LogP contribution in [0, 0.1) is 0 Å². The fraction of sp³-hybridized carbons (Fsp3) is 0.0690. The van der Waals surface area contributed by atoms with Gasteiger partial charge in [-0.3, -0.25) is 0 Å². The highest BCUT2D eigenvalue weighted by Crippen LogP contribution is 2.37. The summed E-state index contributed by atoms with van der Waals surface area (Å²) in [5.41, 5.74) is 2.35. The first kappa shape index (κ1) is 28.5. The lowest BCUT2D eigenvalue weighted by atomic mass is 10.1. The van der Waals surface area contributed by atoms with Gasteiger partial charge < -0.3 is 18.7 Å². The second-order valence-electron chi connectivity index (χ2n) is 8.98. The van der Waals surface area contributed by atoms with Gasteiger partial charge in [-0.25, -0.2) is 16.8 Å². The largest absolute Gasteiger partial charge is 0.744 e. The van der Waals surface area contributed by atoms with E-state index < -0.39 is 30.0 Å². The van der Waals surface area contributed by atoms with Gasteiger partial charge in [-0.15, -0.1) is 0 Å². The summed E-state index contributed by atoms with van der Waals surface area (Å²) >= 11 is 1.79. The maximum Gasteiger partial charge on any atom is 0.262 e. The number of fused-ring (bicyclic) bond motifs is 3. The number of para-hydroxylation sites is 3. The molecule has 41 heavy (non-hydrogen) atoms. The van der Waals surface area contributed by atoms with Crippen molar-refractivity contribution < 1.29 is 35.2 Å². The number of nitrogens with zero attached hydrogens (tertiary/aromatic N) is 2. The minimum Gasteiger partial charge on any atom is -0.744 e. The summed E-state index contributed by atoms with van der Waals surface area (Å²) in [6.07, 6.45) is 6.17. The van der Waals surface area contributed by atoms with E-state index in [4.69, 9.17) is 4.74 Å². The predicted molar refractivity (Wildman–Crippen MR) is 155 cm³/mol. The number of thiazole rings is 1. The zero-order valence-electron chi connectivity index (χ0n) is 21.8. The average molecular weight is 608 g/mol. The normalized spacial score (nSPS) is 14.3. The zero-order chi connectivity index (χ0) is 29.4. The Morgan fingerprint density at radius 3 is 1.98 bits per heavy atom. The van der Waals surface area contributed by atoms with Crippen LogP contribution in [0.5, 0.6) is 5.75 Å². The van der Waals surface area contributed by atoms with E-state index in [0.29, 0.717) is 0 Å². The van der Waals surface area contributed by atoms with E-state index in [1.807, 2.05) is 37.4 Å². The number of aryl methyl sites for hydroxylation is 1. The molecule has 0 bridgehead atoms. The Balaban J connectivity index is 0.000000170. The molecule has 2 heterocycles. The van der Waals surface area contributed by atoms with Crippen LogP contribution in [0.15, 0.2) is 113 Å². The number of hydrogen-bond acceptors (Lipinski definition) is 9. The zero-order valence-corrected chi connectivity index (χ0v) is 24.2. The Hall–Kier alpha value is -4.07. The minimum atomic E-state index is -4.74. The standard InChI is InChI=1S/C19H17N2OS.C10H8O6S2/c1-20-14-8-3-5-10-16(14)22-18(20)12-7-13-19-21(2)15-9-4-6-11-17(15)23-19;11-17(12,13)9-5-1-3-7-8(9)4-2-6-10(7)18(14,15)16/h3-13H,1-2H3;1-6H,(H,11,12,13)(H,14,15,16)/q+1;/p-2. The molecule has 0 N–H and O–H groups in total. The molecule has 0 amide bonds. The molecule has 0 aliphatic carbocycles. The van der Waals surface area contributed by atoms with E-state index in [1.54, 1.807) is 11.3 Å². The van der Waals surface area contributed by atoms with Crippen LogP contribution in [0.4, 0.5) is 5.69 Å². The van der Waals surface area contributed by atoms with Gasteiger partial charge in [0.15, 0.2) is 11.6 Å². The molecule has 0 fully saturated rings. The third kappa shape index (κ3) is 5.87. The lowest BCUT2D eigenvalue weighted by molar-refractivity contribution is -0.642. The SMILES string of the molecule is CN1C(=CC=Cc2sc3ccccc3[n+]2C)Oc2ccccc21.O=S(=O)([O-])c1cccc2c(S(=O)(=O)[O-])cccc12. The van der Waals surface area contributed by atoms with E-state index in [-0.39, 0.29) is 10.8 Å². The van der Waals surface area contributed by atoms with Crippen molar-refractivity contribution in [1.82, 2.24) is 0 Å². The van der Waals surface area contributed by atoms with E-state index in [2.05, 4.69) is 52.9 Å². The molecule has 1 aromatic heterocycles. The van der Waals surface area contributed by atoms with Crippen molar-refractivity contribution in [3.05, 3.63) is 108 Å². The minimum absolute atomic E-state index is 0.0792. The van der Waals surface area contributed by atoms with Gasteiger partial charge >= 0.3 is 0 Å². The van der Waals surface area contributed by atoms with Crippen molar-refractivity contribution in [1.29, 1.82) is 0 Å². The maximum absolute atomic E-state index is 11.0. The van der Waals surface area contributed by atoms with Crippen LogP contribution in [0.25, 0.3) is 27.1 Å². The van der Waals surface area contributed by atoms with Crippen LogP contribution in [-0.2, 0) is 27.3 Å². The molecular formula is C29H23N2O7S3-. The monoisotopic (exact) mass is 607 g/mol. The van der Waals surface area contributed by atoms with Crippen LogP contribution < -0.4 is 14.2 Å². The predicted octanol–water partition coefficient (Wildman–Crippen LogP) is 4.76. The molecule has 0 unspecified atom stereocenters. The molecule has 5 aromatic rings. The van der Waals surface area contributed by atoms with Gasteiger partial charge in [-0.05, 0) is 42.5 Å². The average Bonchev–Trinajstić information content (AvgIpc) is 3.43. The molecule has 1 aliphatic heterocycles. The summed E-state index contributed by atoms with van der Waals surface area (Å²) in [5, 5.41) is 1.05. The van der Waals surface area contributed by atoms with Crippen LogP contribution >= 0.6 is 11.3 Å². The molecule has 4 aromatic carbocycles. The third-order valence-corrected chi connectivity index (χ3v) is 9.38. The Labute approximate surface area is 241 Å². The van der Waals surface area contributed by atoms with E-state index in [0.717, 1.165) is 29.5 Å². The van der Waals surface area contributed by atoms with Crippen LogP contribution in [-0.4, -0.2) is 33.0 Å². The van der Waals surface area contributed by atoms with Crippen molar-refractivity contribution >= 4 is 64.3 Å². The molecule has 9 nitrogen and oxygen atoms in total. The van der Waals surface area contributed by atoms with Crippen molar-refractivity contribution in [2.75, 3.05) is 11.9 Å². The van der Waals surface area contributed by atoms with Crippen molar-refractivity contribution in [2.24, 2.45) is 7.05 Å². The van der Waals surface area contributed by atoms with E-state index in [1.165, 1.54) is 39.5 Å². The first-order chi connectivity index (χ1) is 19.4. The first-order valence-corrected chi connectivity index (χ1v) is 15.8. The number of anilines is 1. The summed E-state index contributed by atoms with van der Waals surface area (Å²) < 4.78 is 75.5. The molecule has 12 heteroatoms. The Bertz CT molecular complexity index is 1990. The quantitative estimate of drug-likeness (QED) is 0.211. The highest BCUT2D eigenvalue weighted by Gasteiger charge is 2.21. The summed E-state index contributed by atoms with van der Waals surface area (Å²) in [7, 11) is -5.36. The summed E-state index contributed by atoms with van der Waals surface area (Å²) in [6, 6.07) is 23.6. The Morgan fingerprint density at radius 1 is 0.805 bits per heavy atom. The van der Waals surface area contributed by atoms with Gasteiger partial charge in [-0.2, -0.15) is 4.57 Å². The van der Waals surface area contributed by atoms with E-state index in [9.17, 15) is 25.9 Å². The molecule has 0 spiro atoms. The van der Waals surface area contributed by atoms with Crippen LogP contribution in [0.2, 0.25) is 0 Å².